The average molecular weight is 287 g/mol. The molecule has 21 heavy (non-hydrogen) atoms. The number of nitrogen functional groups attached to an aromatic ring is 1. The Morgan fingerprint density at radius 3 is 2.67 bits per heavy atom. The number of imidazole rings is 1. The standard InChI is InChI=1S/C16H21N3O2/c1-5-13-18-14(16(20)21-6-2)15(17)19(13)12-9-7-8-10(3)11(12)4/h7-9H,5-6,17H2,1-4H3. The van der Waals surface area contributed by atoms with E-state index < -0.39 is 5.97 Å². The van der Waals surface area contributed by atoms with Crippen LogP contribution in [-0.4, -0.2) is 22.1 Å². The third-order valence-electron chi connectivity index (χ3n) is 3.58. The lowest BCUT2D eigenvalue weighted by Crippen LogP contribution is -2.10. The molecule has 0 atom stereocenters. The first-order chi connectivity index (χ1) is 10.0. The molecule has 5 heteroatoms. The van der Waals surface area contributed by atoms with E-state index in [0.717, 1.165) is 17.1 Å². The molecule has 0 aliphatic rings. The van der Waals surface area contributed by atoms with E-state index in [4.69, 9.17) is 10.5 Å². The number of carbonyl (C=O) groups is 1. The fourth-order valence-corrected chi connectivity index (χ4v) is 2.31. The molecule has 1 aromatic heterocycles. The van der Waals surface area contributed by atoms with Crippen LogP contribution >= 0.6 is 0 Å². The second-order valence-corrected chi connectivity index (χ2v) is 4.89. The molecule has 2 rings (SSSR count). The van der Waals surface area contributed by atoms with Crippen LogP contribution in [0.2, 0.25) is 0 Å². The molecule has 0 fully saturated rings. The number of nitrogens with two attached hydrogens (primary N) is 1. The molecule has 0 aliphatic carbocycles. The Hall–Kier alpha value is -2.30. The summed E-state index contributed by atoms with van der Waals surface area (Å²) in [6.07, 6.45) is 0.678. The maximum absolute atomic E-state index is 12.0. The number of aromatic nitrogens is 2. The molecule has 0 saturated heterocycles. The first-order valence-electron chi connectivity index (χ1n) is 7.12. The van der Waals surface area contributed by atoms with Crippen LogP contribution in [0.15, 0.2) is 18.2 Å². The Morgan fingerprint density at radius 1 is 1.33 bits per heavy atom. The lowest BCUT2D eigenvalue weighted by atomic mass is 10.1. The molecular formula is C16H21N3O2. The highest BCUT2D eigenvalue weighted by Crippen LogP contribution is 2.25. The Balaban J connectivity index is 2.63. The van der Waals surface area contributed by atoms with Crippen LogP contribution in [0.1, 0.15) is 41.3 Å². The van der Waals surface area contributed by atoms with E-state index in [2.05, 4.69) is 4.98 Å². The maximum atomic E-state index is 12.0. The molecule has 112 valence electrons. The molecule has 2 N–H and O–H groups in total. The number of benzene rings is 1. The van der Waals surface area contributed by atoms with Gasteiger partial charge in [-0.05, 0) is 38.0 Å². The number of hydrogen-bond donors (Lipinski definition) is 1. The van der Waals surface area contributed by atoms with Crippen LogP contribution in [0.5, 0.6) is 0 Å². The molecular weight excluding hydrogens is 266 g/mol. The van der Waals surface area contributed by atoms with Gasteiger partial charge in [-0.3, -0.25) is 4.57 Å². The van der Waals surface area contributed by atoms with Crippen LogP contribution in [-0.2, 0) is 11.2 Å². The van der Waals surface area contributed by atoms with E-state index in [1.54, 1.807) is 6.92 Å². The Labute approximate surface area is 124 Å². The maximum Gasteiger partial charge on any atom is 0.360 e. The van der Waals surface area contributed by atoms with Crippen molar-refractivity contribution in [1.29, 1.82) is 0 Å². The minimum atomic E-state index is -0.478. The predicted octanol–water partition coefficient (Wildman–Crippen LogP) is 2.81. The summed E-state index contributed by atoms with van der Waals surface area (Å²) < 4.78 is 6.86. The normalized spacial score (nSPS) is 10.7. The molecule has 0 radical (unpaired) electrons. The number of hydrogen-bond acceptors (Lipinski definition) is 4. The van der Waals surface area contributed by atoms with E-state index in [1.165, 1.54) is 5.56 Å². The van der Waals surface area contributed by atoms with Crippen molar-refractivity contribution in [2.24, 2.45) is 0 Å². The van der Waals surface area contributed by atoms with Crippen molar-refractivity contribution in [3.05, 3.63) is 40.8 Å². The molecule has 0 aliphatic heterocycles. The molecule has 0 saturated carbocycles. The number of rotatable bonds is 4. The zero-order valence-corrected chi connectivity index (χ0v) is 12.9. The van der Waals surface area contributed by atoms with Gasteiger partial charge in [0, 0.05) is 6.42 Å². The lowest BCUT2D eigenvalue weighted by Gasteiger charge is -2.13. The SMILES string of the molecule is CCOC(=O)c1nc(CC)n(-c2cccc(C)c2C)c1N. The van der Waals surface area contributed by atoms with Gasteiger partial charge in [-0.2, -0.15) is 0 Å². The van der Waals surface area contributed by atoms with Crippen molar-refractivity contribution in [1.82, 2.24) is 9.55 Å². The van der Waals surface area contributed by atoms with E-state index in [1.807, 2.05) is 43.5 Å². The minimum Gasteiger partial charge on any atom is -0.461 e. The molecule has 5 nitrogen and oxygen atoms in total. The highest BCUT2D eigenvalue weighted by molar-refractivity contribution is 5.92. The van der Waals surface area contributed by atoms with Gasteiger partial charge >= 0.3 is 5.97 Å². The third-order valence-corrected chi connectivity index (χ3v) is 3.58. The fourth-order valence-electron chi connectivity index (χ4n) is 2.31. The largest absolute Gasteiger partial charge is 0.461 e. The second kappa shape index (κ2) is 5.99. The summed E-state index contributed by atoms with van der Waals surface area (Å²) in [5, 5.41) is 0. The summed E-state index contributed by atoms with van der Waals surface area (Å²) >= 11 is 0. The number of anilines is 1. The first-order valence-corrected chi connectivity index (χ1v) is 7.12. The van der Waals surface area contributed by atoms with Crippen molar-refractivity contribution in [3.8, 4) is 5.69 Å². The Bertz CT molecular complexity index is 674. The summed E-state index contributed by atoms with van der Waals surface area (Å²) in [5.41, 5.74) is 9.59. The van der Waals surface area contributed by atoms with Gasteiger partial charge in [-0.1, -0.05) is 19.1 Å². The van der Waals surface area contributed by atoms with Crippen molar-refractivity contribution in [2.45, 2.75) is 34.1 Å². The summed E-state index contributed by atoms with van der Waals surface area (Å²) in [6, 6.07) is 6.00. The smallest absolute Gasteiger partial charge is 0.360 e. The Morgan fingerprint density at radius 2 is 2.05 bits per heavy atom. The molecule has 0 bridgehead atoms. The van der Waals surface area contributed by atoms with E-state index in [0.29, 0.717) is 18.8 Å². The van der Waals surface area contributed by atoms with Gasteiger partial charge in [0.1, 0.15) is 11.6 Å². The van der Waals surface area contributed by atoms with Gasteiger partial charge in [0.15, 0.2) is 5.69 Å². The topological polar surface area (TPSA) is 70.1 Å². The Kier molecular flexibility index (Phi) is 4.31. The minimum absolute atomic E-state index is 0.189. The number of esters is 1. The van der Waals surface area contributed by atoms with Crippen LogP contribution in [0, 0.1) is 13.8 Å². The van der Waals surface area contributed by atoms with Gasteiger partial charge < -0.3 is 10.5 Å². The molecule has 0 unspecified atom stereocenters. The highest BCUT2D eigenvalue weighted by atomic mass is 16.5. The number of ether oxygens (including phenoxy) is 1. The van der Waals surface area contributed by atoms with Gasteiger partial charge in [-0.15, -0.1) is 0 Å². The van der Waals surface area contributed by atoms with Crippen LogP contribution in [0.4, 0.5) is 5.82 Å². The van der Waals surface area contributed by atoms with Crippen LogP contribution < -0.4 is 5.73 Å². The zero-order valence-electron chi connectivity index (χ0n) is 12.9. The van der Waals surface area contributed by atoms with E-state index in [-0.39, 0.29) is 5.69 Å². The quantitative estimate of drug-likeness (QED) is 0.878. The molecule has 1 heterocycles. The van der Waals surface area contributed by atoms with E-state index >= 15 is 0 Å². The third kappa shape index (κ3) is 2.63. The van der Waals surface area contributed by atoms with Crippen molar-refractivity contribution in [2.75, 3.05) is 12.3 Å². The van der Waals surface area contributed by atoms with Crippen LogP contribution in [0.3, 0.4) is 0 Å². The average Bonchev–Trinajstić information content (AvgIpc) is 2.79. The summed E-state index contributed by atoms with van der Waals surface area (Å²) in [6.45, 7) is 8.13. The summed E-state index contributed by atoms with van der Waals surface area (Å²) in [4.78, 5) is 16.3. The van der Waals surface area contributed by atoms with Crippen molar-refractivity contribution in [3.63, 3.8) is 0 Å². The second-order valence-electron chi connectivity index (χ2n) is 4.89. The molecule has 1 aromatic carbocycles. The van der Waals surface area contributed by atoms with Crippen LogP contribution in [0.25, 0.3) is 5.69 Å². The number of aryl methyl sites for hydroxylation is 2. The molecule has 0 spiro atoms. The number of nitrogens with zero attached hydrogens (tertiary/aromatic N) is 2. The van der Waals surface area contributed by atoms with Gasteiger partial charge in [0.25, 0.3) is 0 Å². The van der Waals surface area contributed by atoms with Gasteiger partial charge in [0.2, 0.25) is 0 Å². The van der Waals surface area contributed by atoms with Gasteiger partial charge in [-0.25, -0.2) is 9.78 Å². The predicted molar refractivity (Wildman–Crippen MR) is 82.8 cm³/mol. The van der Waals surface area contributed by atoms with Gasteiger partial charge in [0.05, 0.1) is 12.3 Å². The highest BCUT2D eigenvalue weighted by Gasteiger charge is 2.22. The molecule has 2 aromatic rings. The number of carbonyl (C=O) groups excluding carboxylic acids is 1. The van der Waals surface area contributed by atoms with Crippen molar-refractivity contribution >= 4 is 11.8 Å². The fraction of sp³-hybridized carbons (Fsp3) is 0.375. The first kappa shape index (κ1) is 15.1. The molecule has 0 amide bonds. The van der Waals surface area contributed by atoms with Crippen molar-refractivity contribution < 1.29 is 9.53 Å². The summed E-state index contributed by atoms with van der Waals surface area (Å²) in [7, 11) is 0. The monoisotopic (exact) mass is 287 g/mol. The lowest BCUT2D eigenvalue weighted by molar-refractivity contribution is 0.0521. The summed E-state index contributed by atoms with van der Waals surface area (Å²) in [5.74, 6) is 0.608. The van der Waals surface area contributed by atoms with E-state index in [9.17, 15) is 4.79 Å². The zero-order chi connectivity index (χ0) is 15.6.